The Labute approximate surface area is 119 Å². The molecule has 0 aromatic heterocycles. The fraction of sp³-hybridized carbons (Fsp3) is 0.562. The summed E-state index contributed by atoms with van der Waals surface area (Å²) in [7, 11) is 1.89. The van der Waals surface area contributed by atoms with E-state index in [0.717, 1.165) is 18.6 Å². The van der Waals surface area contributed by atoms with E-state index in [1.165, 1.54) is 19.3 Å². The number of para-hydroxylation sites is 2. The first-order valence-electron chi connectivity index (χ1n) is 7.41. The summed E-state index contributed by atoms with van der Waals surface area (Å²) in [5.74, 6) is 1.41. The van der Waals surface area contributed by atoms with Crippen LogP contribution >= 0.6 is 0 Å². The van der Waals surface area contributed by atoms with Crippen molar-refractivity contribution in [2.24, 2.45) is 0 Å². The van der Waals surface area contributed by atoms with E-state index in [1.54, 1.807) is 0 Å². The van der Waals surface area contributed by atoms with Crippen molar-refractivity contribution in [1.82, 2.24) is 4.90 Å². The number of carbonyl (C=O) groups is 1. The summed E-state index contributed by atoms with van der Waals surface area (Å²) in [4.78, 5) is 14.4. The van der Waals surface area contributed by atoms with Gasteiger partial charge in [-0.1, -0.05) is 31.4 Å². The largest absolute Gasteiger partial charge is 0.485 e. The highest BCUT2D eigenvalue weighted by molar-refractivity contribution is 5.82. The zero-order valence-corrected chi connectivity index (χ0v) is 11.9. The van der Waals surface area contributed by atoms with Crippen LogP contribution in [0.15, 0.2) is 24.3 Å². The Morgan fingerprint density at radius 2 is 1.85 bits per heavy atom. The molecular weight excluding hydrogens is 254 g/mol. The third-order valence-electron chi connectivity index (χ3n) is 4.25. The van der Waals surface area contributed by atoms with Gasteiger partial charge in [0.05, 0.1) is 0 Å². The Morgan fingerprint density at radius 3 is 2.60 bits per heavy atom. The van der Waals surface area contributed by atoms with Gasteiger partial charge in [-0.2, -0.15) is 0 Å². The first-order chi connectivity index (χ1) is 9.75. The van der Waals surface area contributed by atoms with Crippen molar-refractivity contribution in [2.45, 2.75) is 44.2 Å². The normalized spacial score (nSPS) is 22.4. The second-order valence-corrected chi connectivity index (χ2v) is 5.61. The average molecular weight is 275 g/mol. The molecule has 0 radical (unpaired) electrons. The topological polar surface area (TPSA) is 38.8 Å². The number of carbonyl (C=O) groups excluding carboxylic acids is 1. The lowest BCUT2D eigenvalue weighted by molar-refractivity contribution is -0.142. The summed E-state index contributed by atoms with van der Waals surface area (Å²) in [5.41, 5.74) is 0. The number of amides is 1. The molecule has 1 saturated carbocycles. The van der Waals surface area contributed by atoms with Crippen molar-refractivity contribution in [1.29, 1.82) is 0 Å². The van der Waals surface area contributed by atoms with Crippen molar-refractivity contribution < 1.29 is 14.3 Å². The number of rotatable bonds is 2. The van der Waals surface area contributed by atoms with Gasteiger partial charge in [0.1, 0.15) is 6.61 Å². The standard InChI is InChI=1S/C16H21NO3/c1-17(12-7-3-2-4-8-12)16(18)15-11-19-13-9-5-6-10-14(13)20-15/h5-6,9-10,12,15H,2-4,7-8,11H2,1H3/t15-/m0/s1. The zero-order chi connectivity index (χ0) is 13.9. The number of nitrogens with zero attached hydrogens (tertiary/aromatic N) is 1. The van der Waals surface area contributed by atoms with E-state index in [-0.39, 0.29) is 5.91 Å². The van der Waals surface area contributed by atoms with Crippen LogP contribution in [-0.2, 0) is 4.79 Å². The quantitative estimate of drug-likeness (QED) is 0.833. The fourth-order valence-corrected chi connectivity index (χ4v) is 3.02. The Kier molecular flexibility index (Phi) is 3.81. The molecule has 1 aliphatic carbocycles. The molecule has 4 heteroatoms. The SMILES string of the molecule is CN(C(=O)[C@@H]1COc2ccccc2O1)C1CCCCC1. The van der Waals surface area contributed by atoms with E-state index < -0.39 is 6.10 Å². The van der Waals surface area contributed by atoms with Crippen molar-refractivity contribution in [3.63, 3.8) is 0 Å². The summed E-state index contributed by atoms with van der Waals surface area (Å²) >= 11 is 0. The highest BCUT2D eigenvalue weighted by Crippen LogP contribution is 2.31. The first kappa shape index (κ1) is 13.3. The second-order valence-electron chi connectivity index (χ2n) is 5.61. The Balaban J connectivity index is 1.66. The summed E-state index contributed by atoms with van der Waals surface area (Å²) in [6.45, 7) is 0.299. The smallest absolute Gasteiger partial charge is 0.267 e. The van der Waals surface area contributed by atoms with Gasteiger partial charge in [-0.15, -0.1) is 0 Å². The maximum absolute atomic E-state index is 12.5. The minimum absolute atomic E-state index is 0.0337. The van der Waals surface area contributed by atoms with Gasteiger partial charge >= 0.3 is 0 Å². The molecule has 1 aromatic rings. The van der Waals surface area contributed by atoms with Crippen LogP contribution in [-0.4, -0.2) is 36.6 Å². The Hall–Kier alpha value is -1.71. The van der Waals surface area contributed by atoms with Gasteiger partial charge < -0.3 is 14.4 Å². The monoisotopic (exact) mass is 275 g/mol. The third kappa shape index (κ3) is 2.60. The van der Waals surface area contributed by atoms with Crippen molar-refractivity contribution in [3.05, 3.63) is 24.3 Å². The Bertz CT molecular complexity index is 482. The number of ether oxygens (including phenoxy) is 2. The lowest BCUT2D eigenvalue weighted by atomic mass is 9.94. The molecule has 0 unspecified atom stereocenters. The molecule has 20 heavy (non-hydrogen) atoms. The minimum Gasteiger partial charge on any atom is -0.485 e. The second kappa shape index (κ2) is 5.73. The molecule has 0 saturated heterocycles. The first-order valence-corrected chi connectivity index (χ1v) is 7.41. The molecule has 0 bridgehead atoms. The Morgan fingerprint density at radius 1 is 1.15 bits per heavy atom. The predicted octanol–water partition coefficient (Wildman–Crippen LogP) is 2.62. The summed E-state index contributed by atoms with van der Waals surface area (Å²) in [5, 5.41) is 0. The third-order valence-corrected chi connectivity index (χ3v) is 4.25. The average Bonchev–Trinajstić information content (AvgIpc) is 2.54. The molecule has 2 aliphatic rings. The number of hydrogen-bond acceptors (Lipinski definition) is 3. The summed E-state index contributed by atoms with van der Waals surface area (Å²) < 4.78 is 11.4. The van der Waals surface area contributed by atoms with Gasteiger partial charge in [0.25, 0.3) is 5.91 Å². The lowest BCUT2D eigenvalue weighted by Gasteiger charge is -2.35. The molecule has 0 spiro atoms. The lowest BCUT2D eigenvalue weighted by Crippen LogP contribution is -2.49. The van der Waals surface area contributed by atoms with Crippen molar-refractivity contribution >= 4 is 5.91 Å². The van der Waals surface area contributed by atoms with Crippen molar-refractivity contribution in [2.75, 3.05) is 13.7 Å². The van der Waals surface area contributed by atoms with Crippen LogP contribution in [0.3, 0.4) is 0 Å². The highest BCUT2D eigenvalue weighted by atomic mass is 16.6. The number of fused-ring (bicyclic) bond motifs is 1. The van der Waals surface area contributed by atoms with Crippen LogP contribution in [0.1, 0.15) is 32.1 Å². The van der Waals surface area contributed by atoms with Crippen LogP contribution in [0.4, 0.5) is 0 Å². The van der Waals surface area contributed by atoms with E-state index in [9.17, 15) is 4.79 Å². The number of likely N-dealkylation sites (N-methyl/N-ethyl adjacent to an activating group) is 1. The zero-order valence-electron chi connectivity index (χ0n) is 11.9. The summed E-state index contributed by atoms with van der Waals surface area (Å²) in [6.07, 6.45) is 5.41. The maximum atomic E-state index is 12.5. The van der Waals surface area contributed by atoms with Crippen LogP contribution in [0, 0.1) is 0 Å². The molecule has 1 heterocycles. The van der Waals surface area contributed by atoms with E-state index in [0.29, 0.717) is 18.4 Å². The number of benzene rings is 1. The fourth-order valence-electron chi connectivity index (χ4n) is 3.02. The van der Waals surface area contributed by atoms with Crippen LogP contribution in [0.25, 0.3) is 0 Å². The molecule has 1 aromatic carbocycles. The van der Waals surface area contributed by atoms with Crippen LogP contribution in [0.2, 0.25) is 0 Å². The molecule has 4 nitrogen and oxygen atoms in total. The molecule has 3 rings (SSSR count). The maximum Gasteiger partial charge on any atom is 0.267 e. The number of hydrogen-bond donors (Lipinski definition) is 0. The highest BCUT2D eigenvalue weighted by Gasteiger charge is 2.32. The molecule has 108 valence electrons. The van der Waals surface area contributed by atoms with Gasteiger partial charge in [0, 0.05) is 13.1 Å². The van der Waals surface area contributed by atoms with Crippen LogP contribution < -0.4 is 9.47 Å². The van der Waals surface area contributed by atoms with E-state index in [1.807, 2.05) is 36.2 Å². The minimum atomic E-state index is -0.517. The predicted molar refractivity (Wildman–Crippen MR) is 76.0 cm³/mol. The van der Waals surface area contributed by atoms with Crippen LogP contribution in [0.5, 0.6) is 11.5 Å². The van der Waals surface area contributed by atoms with E-state index in [2.05, 4.69) is 0 Å². The van der Waals surface area contributed by atoms with Gasteiger partial charge in [-0.25, -0.2) is 0 Å². The van der Waals surface area contributed by atoms with Gasteiger partial charge in [-0.3, -0.25) is 4.79 Å². The van der Waals surface area contributed by atoms with E-state index in [4.69, 9.17) is 9.47 Å². The molecule has 1 amide bonds. The molecular formula is C16H21NO3. The molecule has 1 fully saturated rings. The van der Waals surface area contributed by atoms with Gasteiger partial charge in [-0.05, 0) is 25.0 Å². The van der Waals surface area contributed by atoms with Crippen molar-refractivity contribution in [3.8, 4) is 11.5 Å². The molecule has 0 N–H and O–H groups in total. The van der Waals surface area contributed by atoms with Gasteiger partial charge in [0.15, 0.2) is 11.5 Å². The molecule has 1 aliphatic heterocycles. The van der Waals surface area contributed by atoms with Gasteiger partial charge in [0.2, 0.25) is 6.10 Å². The van der Waals surface area contributed by atoms with E-state index >= 15 is 0 Å². The summed E-state index contributed by atoms with van der Waals surface area (Å²) in [6, 6.07) is 7.85. The molecule has 1 atom stereocenters.